The Labute approximate surface area is 169 Å². The molecule has 7 heteroatoms. The van der Waals surface area contributed by atoms with E-state index in [1.54, 1.807) is 0 Å². The average Bonchev–Trinajstić information content (AvgIpc) is 2.61. The summed E-state index contributed by atoms with van der Waals surface area (Å²) in [6.45, 7) is 3.57. The van der Waals surface area contributed by atoms with Gasteiger partial charge < -0.3 is 4.74 Å². The number of nitrogens with zero attached hydrogens (tertiary/aromatic N) is 2. The molecule has 0 spiro atoms. The molecule has 23 heavy (non-hydrogen) atoms. The molecule has 3 nitrogen and oxygen atoms in total. The van der Waals surface area contributed by atoms with Crippen LogP contribution in [0, 0.1) is 0 Å². The maximum Gasteiger partial charge on any atom is 0.201 e. The predicted octanol–water partition coefficient (Wildman–Crippen LogP) is 0.979. The largest absolute Gasteiger partial charge is 0.368 e. The first-order valence-corrected chi connectivity index (χ1v) is 20.5. The number of aromatic nitrogens is 1. The molecular weight excluding hydrogens is 649 g/mol. The van der Waals surface area contributed by atoms with Crippen LogP contribution in [0.25, 0.3) is 20.8 Å². The molecule has 1 aliphatic carbocycles. The summed E-state index contributed by atoms with van der Waals surface area (Å²) in [5, 5.41) is 1.27. The van der Waals surface area contributed by atoms with Gasteiger partial charge >= 0.3 is 50.5 Å². The number of hydrogen-bond donors (Lipinski definition) is 0. The van der Waals surface area contributed by atoms with Crippen molar-refractivity contribution >= 4 is 58.8 Å². The van der Waals surface area contributed by atoms with E-state index in [0.717, 1.165) is 37.5 Å². The average molecular weight is 664 g/mol. The zero-order chi connectivity index (χ0) is 16.1. The van der Waals surface area contributed by atoms with Crippen molar-refractivity contribution < 1.29 is 18.0 Å². The first-order chi connectivity index (χ1) is 11.3. The predicted molar refractivity (Wildman–Crippen MR) is 110 cm³/mol. The molecule has 0 aromatic heterocycles. The second-order valence-corrected chi connectivity index (χ2v) is 22.3. The Morgan fingerprint density at radius 2 is 1.83 bits per heavy atom. The maximum atomic E-state index is 5.41. The van der Waals surface area contributed by atoms with Gasteiger partial charge in [-0.05, 0) is 18.2 Å². The normalized spacial score (nSPS) is 14.8. The van der Waals surface area contributed by atoms with Crippen LogP contribution in [0.2, 0.25) is 0 Å². The molecule has 0 N–H and O–H groups in total. The summed E-state index contributed by atoms with van der Waals surface area (Å²) in [7, 11) is 0. The van der Waals surface area contributed by atoms with Crippen LogP contribution in [0.1, 0.15) is 0 Å². The number of para-hydroxylation sites is 1. The van der Waals surface area contributed by atoms with Gasteiger partial charge in [-0.25, -0.2) is 9.56 Å². The van der Waals surface area contributed by atoms with Crippen molar-refractivity contribution in [3.63, 3.8) is 0 Å². The molecule has 0 atom stereocenters. The molecule has 4 rings (SSSR count). The summed E-state index contributed by atoms with van der Waals surface area (Å²) < 4.78 is 9.03. The molecule has 0 unspecified atom stereocenters. The summed E-state index contributed by atoms with van der Waals surface area (Å²) in [6.07, 6.45) is 0. The van der Waals surface area contributed by atoms with E-state index in [9.17, 15) is 0 Å². The van der Waals surface area contributed by atoms with Crippen LogP contribution in [0.5, 0.6) is 0 Å². The minimum atomic E-state index is 0.530. The first kappa shape index (κ1) is 18.2. The van der Waals surface area contributed by atoms with Crippen molar-refractivity contribution in [2.75, 3.05) is 26.3 Å². The third-order valence-corrected chi connectivity index (χ3v) is 4.76. The van der Waals surface area contributed by atoms with Gasteiger partial charge in [0.25, 0.3) is 0 Å². The molecule has 1 aromatic rings. The maximum absolute atomic E-state index is 5.41. The molecule has 0 bridgehead atoms. The van der Waals surface area contributed by atoms with E-state index in [2.05, 4.69) is 78.2 Å². The van der Waals surface area contributed by atoms with Gasteiger partial charge in [0.15, 0.2) is 13.1 Å². The molecule has 0 radical (unpaired) electrons. The zero-order valence-corrected chi connectivity index (χ0v) is 19.5. The quantitative estimate of drug-likeness (QED) is 0.204. The molecule has 1 fully saturated rings. The standard InChI is InChI=1S/C16H15N2OS.I3/c1-2-4-15-13(3-1)17-14-6-5-12(11-16(14)20-15)18-7-9-19-10-8-18;1-3-2/h1-6,11H,7-10H2;/q+1;-1. The van der Waals surface area contributed by atoms with Gasteiger partial charge in [0.2, 0.25) is 5.36 Å². The van der Waals surface area contributed by atoms with E-state index in [1.165, 1.54) is 14.9 Å². The van der Waals surface area contributed by atoms with Crippen LogP contribution in [0.4, 0.5) is 0 Å². The van der Waals surface area contributed by atoms with Gasteiger partial charge in [-0.15, -0.1) is 11.3 Å². The topological polar surface area (TPSA) is 25.1 Å². The van der Waals surface area contributed by atoms with Gasteiger partial charge in [-0.2, -0.15) is 0 Å². The van der Waals surface area contributed by atoms with Gasteiger partial charge in [-0.1, -0.05) is 12.1 Å². The Morgan fingerprint density at radius 1 is 1.09 bits per heavy atom. The molecule has 3 aliphatic rings. The number of fused-ring (bicyclic) bond motifs is 2. The molecule has 2 heterocycles. The number of hydrogen-bond acceptors (Lipinski definition) is 3. The van der Waals surface area contributed by atoms with Crippen molar-refractivity contribution in [2.45, 2.75) is 0 Å². The smallest absolute Gasteiger partial charge is 0.201 e. The Balaban J connectivity index is 0.000000485. The number of benzene rings is 2. The van der Waals surface area contributed by atoms with E-state index in [-0.39, 0.29) is 0 Å². The Hall–Kier alpha value is 0.410. The first-order valence-electron chi connectivity index (χ1n) is 7.14. The Bertz CT molecular complexity index is 829. The van der Waals surface area contributed by atoms with Crippen molar-refractivity contribution in [1.29, 1.82) is 0 Å². The summed E-state index contributed by atoms with van der Waals surface area (Å²) >= 11 is 7.11. The van der Waals surface area contributed by atoms with Crippen molar-refractivity contribution in [2.24, 2.45) is 0 Å². The van der Waals surface area contributed by atoms with Crippen LogP contribution in [0.15, 0.2) is 42.5 Å². The van der Waals surface area contributed by atoms with Crippen LogP contribution < -0.4 is 23.2 Å². The van der Waals surface area contributed by atoms with E-state index in [4.69, 9.17) is 9.72 Å². The summed E-state index contributed by atoms with van der Waals surface area (Å²) in [5.41, 5.74) is 2.15. The van der Waals surface area contributed by atoms with Crippen LogP contribution in [0.3, 0.4) is 0 Å². The number of rotatable bonds is 0. The zero-order valence-electron chi connectivity index (χ0n) is 12.2. The van der Waals surface area contributed by atoms with Crippen LogP contribution in [-0.4, -0.2) is 31.3 Å². The second kappa shape index (κ2) is 9.20. The fraction of sp³-hybridized carbons (Fsp3) is 0.250. The van der Waals surface area contributed by atoms with Crippen molar-refractivity contribution in [1.82, 2.24) is 9.56 Å². The molecule has 0 amide bonds. The summed E-state index contributed by atoms with van der Waals surface area (Å²) in [5.74, 6) is 0. The number of halogens is 3. The van der Waals surface area contributed by atoms with Crippen molar-refractivity contribution in [3.05, 3.63) is 47.8 Å². The van der Waals surface area contributed by atoms with Gasteiger partial charge in [0.1, 0.15) is 13.2 Å². The van der Waals surface area contributed by atoms with E-state index < -0.39 is 0 Å². The third-order valence-electron chi connectivity index (χ3n) is 3.65. The molecule has 122 valence electrons. The molecule has 1 aromatic carbocycles. The minimum absolute atomic E-state index is 0.530. The number of ether oxygens (including phenoxy) is 1. The van der Waals surface area contributed by atoms with Gasteiger partial charge in [0.05, 0.1) is 20.8 Å². The monoisotopic (exact) mass is 664 g/mol. The Kier molecular flexibility index (Phi) is 7.29. The molecule has 1 saturated heterocycles. The Morgan fingerprint density at radius 3 is 2.61 bits per heavy atom. The fourth-order valence-corrected chi connectivity index (χ4v) is 3.58. The molecule has 0 saturated carbocycles. The molecular formula is C16H15I3N2OS. The SMILES string of the molecule is I[I-]I.c1ccc2sc3cc(=[N+]4CCOCC4)ccc-3nc2c1. The van der Waals surface area contributed by atoms with E-state index >= 15 is 0 Å². The minimum Gasteiger partial charge on any atom is -0.368 e. The molecule has 2 aliphatic heterocycles. The van der Waals surface area contributed by atoms with Crippen LogP contribution >= 0.6 is 48.6 Å². The van der Waals surface area contributed by atoms with E-state index in [0.29, 0.717) is 13.3 Å². The van der Waals surface area contributed by atoms with Crippen molar-refractivity contribution in [3.8, 4) is 10.6 Å². The summed E-state index contributed by atoms with van der Waals surface area (Å²) in [6, 6.07) is 14.9. The summed E-state index contributed by atoms with van der Waals surface area (Å²) in [4.78, 5) is 5.97. The van der Waals surface area contributed by atoms with Gasteiger partial charge in [-0.3, -0.25) is 0 Å². The van der Waals surface area contributed by atoms with E-state index in [1.807, 2.05) is 17.4 Å². The van der Waals surface area contributed by atoms with Gasteiger partial charge in [0, 0.05) is 12.1 Å². The van der Waals surface area contributed by atoms with Crippen LogP contribution in [-0.2, 0) is 4.74 Å². The second-order valence-electron chi connectivity index (χ2n) is 4.99. The number of morpholine rings is 1. The fourth-order valence-electron chi connectivity index (χ4n) is 2.58. The third kappa shape index (κ3) is 4.73.